The van der Waals surface area contributed by atoms with Crippen molar-refractivity contribution in [3.63, 3.8) is 0 Å². The molecule has 0 bridgehead atoms. The predicted molar refractivity (Wildman–Crippen MR) is 78.7 cm³/mol. The van der Waals surface area contributed by atoms with Crippen LogP contribution in [0.3, 0.4) is 0 Å². The Bertz CT molecular complexity index is 631. The summed E-state index contributed by atoms with van der Waals surface area (Å²) >= 11 is 11.8. The molecule has 0 N–H and O–H groups in total. The van der Waals surface area contributed by atoms with E-state index in [-0.39, 0.29) is 28.2 Å². The molecule has 0 saturated carbocycles. The van der Waals surface area contributed by atoms with Gasteiger partial charge in [0.2, 0.25) is 10.0 Å². The first-order valence-corrected chi connectivity index (χ1v) is 8.48. The van der Waals surface area contributed by atoms with Crippen LogP contribution in [0.5, 0.6) is 0 Å². The fourth-order valence-corrected chi connectivity index (χ4v) is 4.89. The van der Waals surface area contributed by atoms with Gasteiger partial charge in [0.1, 0.15) is 10.7 Å². The number of carbonyl (C=O) groups is 1. The van der Waals surface area contributed by atoms with Crippen molar-refractivity contribution in [3.05, 3.63) is 28.2 Å². The van der Waals surface area contributed by atoms with E-state index in [2.05, 4.69) is 0 Å². The lowest BCUT2D eigenvalue weighted by molar-refractivity contribution is -0.117. The summed E-state index contributed by atoms with van der Waals surface area (Å²) in [5.41, 5.74) is 0. The summed E-state index contributed by atoms with van der Waals surface area (Å²) in [7, 11) is -3.72. The van der Waals surface area contributed by atoms with E-state index in [9.17, 15) is 13.2 Å². The average molecular weight is 336 g/mol. The highest BCUT2D eigenvalue weighted by Crippen LogP contribution is 2.32. The molecule has 7 heteroatoms. The average Bonchev–Trinajstić information content (AvgIpc) is 2.80. The summed E-state index contributed by atoms with van der Waals surface area (Å²) in [5.74, 6) is -0.0192. The Morgan fingerprint density at radius 1 is 1.40 bits per heavy atom. The van der Waals surface area contributed by atoms with Crippen LogP contribution in [-0.4, -0.2) is 31.1 Å². The van der Waals surface area contributed by atoms with Gasteiger partial charge < -0.3 is 0 Å². The zero-order valence-corrected chi connectivity index (χ0v) is 13.3. The quantitative estimate of drug-likeness (QED) is 0.849. The molecule has 1 fully saturated rings. The maximum atomic E-state index is 12.7. The number of hydrogen-bond donors (Lipinski definition) is 0. The number of halogens is 2. The minimum absolute atomic E-state index is 0.00196. The van der Waals surface area contributed by atoms with E-state index in [4.69, 9.17) is 23.2 Å². The van der Waals surface area contributed by atoms with Crippen LogP contribution in [0.2, 0.25) is 10.0 Å². The number of ketones is 1. The third-order valence-corrected chi connectivity index (χ3v) is 5.99. The molecule has 1 aromatic rings. The topological polar surface area (TPSA) is 54.5 Å². The molecule has 4 nitrogen and oxygen atoms in total. The summed E-state index contributed by atoms with van der Waals surface area (Å²) in [6, 6.07) is 4.07. The largest absolute Gasteiger partial charge is 0.300 e. The molecule has 1 heterocycles. The summed E-state index contributed by atoms with van der Waals surface area (Å²) in [4.78, 5) is 11.3. The van der Waals surface area contributed by atoms with E-state index in [1.54, 1.807) is 6.07 Å². The normalized spacial score (nSPS) is 20.2. The maximum absolute atomic E-state index is 12.7. The summed E-state index contributed by atoms with van der Waals surface area (Å²) in [5, 5.41) is 0.457. The minimum Gasteiger partial charge on any atom is -0.300 e. The van der Waals surface area contributed by atoms with Gasteiger partial charge in [-0.15, -0.1) is 0 Å². The number of carbonyl (C=O) groups excluding carboxylic acids is 1. The Morgan fingerprint density at radius 3 is 2.75 bits per heavy atom. The third-order valence-electron chi connectivity index (χ3n) is 3.33. The van der Waals surface area contributed by atoms with E-state index < -0.39 is 10.0 Å². The lowest BCUT2D eigenvalue weighted by atomic mass is 10.1. The smallest absolute Gasteiger partial charge is 0.244 e. The molecule has 0 aliphatic carbocycles. The van der Waals surface area contributed by atoms with Crippen molar-refractivity contribution in [3.8, 4) is 0 Å². The second kappa shape index (κ2) is 6.02. The van der Waals surface area contributed by atoms with E-state index in [0.29, 0.717) is 18.0 Å². The van der Waals surface area contributed by atoms with Gasteiger partial charge in [-0.25, -0.2) is 8.42 Å². The van der Waals surface area contributed by atoms with Gasteiger partial charge in [-0.2, -0.15) is 4.31 Å². The molecule has 0 radical (unpaired) electrons. The van der Waals surface area contributed by atoms with Crippen molar-refractivity contribution in [1.82, 2.24) is 4.31 Å². The molecule has 0 aromatic heterocycles. The zero-order valence-electron chi connectivity index (χ0n) is 11.0. The van der Waals surface area contributed by atoms with Crippen LogP contribution in [0.1, 0.15) is 26.2 Å². The maximum Gasteiger partial charge on any atom is 0.244 e. The Hall–Kier alpha value is -0.620. The Labute approximate surface area is 128 Å². The number of hydrogen-bond acceptors (Lipinski definition) is 3. The highest BCUT2D eigenvalue weighted by molar-refractivity contribution is 7.89. The molecule has 1 aromatic carbocycles. The van der Waals surface area contributed by atoms with Gasteiger partial charge in [0.05, 0.1) is 5.02 Å². The highest BCUT2D eigenvalue weighted by atomic mass is 35.5. The van der Waals surface area contributed by atoms with Crippen LogP contribution in [0.15, 0.2) is 23.1 Å². The molecule has 0 spiro atoms. The van der Waals surface area contributed by atoms with Gasteiger partial charge in [0.15, 0.2) is 0 Å². The van der Waals surface area contributed by atoms with Crippen molar-refractivity contribution >= 4 is 39.0 Å². The molecule has 20 heavy (non-hydrogen) atoms. The molecule has 0 amide bonds. The number of benzene rings is 1. The highest BCUT2D eigenvalue weighted by Gasteiger charge is 2.36. The standard InChI is InChI=1S/C13H15Cl2NO3S/c1-9(17)7-11-3-2-6-16(11)20(18,19)13-8-10(14)4-5-12(13)15/h4-5,8,11H,2-3,6-7H2,1H3. The van der Waals surface area contributed by atoms with Crippen molar-refractivity contribution < 1.29 is 13.2 Å². The molecule has 1 aliphatic rings. The van der Waals surface area contributed by atoms with Crippen LogP contribution in [-0.2, 0) is 14.8 Å². The first-order chi connectivity index (χ1) is 9.32. The van der Waals surface area contributed by atoms with Crippen LogP contribution < -0.4 is 0 Å². The SMILES string of the molecule is CC(=O)CC1CCCN1S(=O)(=O)c1cc(Cl)ccc1Cl. The third kappa shape index (κ3) is 3.17. The number of rotatable bonds is 4. The van der Waals surface area contributed by atoms with E-state index >= 15 is 0 Å². The Balaban J connectivity index is 2.39. The Morgan fingerprint density at radius 2 is 2.10 bits per heavy atom. The monoisotopic (exact) mass is 335 g/mol. The van der Waals surface area contributed by atoms with Crippen molar-refractivity contribution in [2.24, 2.45) is 0 Å². The molecular formula is C13H15Cl2NO3S. The molecule has 1 aliphatic heterocycles. The molecule has 1 atom stereocenters. The molecule has 1 saturated heterocycles. The van der Waals surface area contributed by atoms with Crippen LogP contribution in [0, 0.1) is 0 Å². The van der Waals surface area contributed by atoms with Gasteiger partial charge in [0, 0.05) is 24.0 Å². The van der Waals surface area contributed by atoms with Crippen LogP contribution >= 0.6 is 23.2 Å². The number of sulfonamides is 1. The zero-order chi connectivity index (χ0) is 14.9. The van der Waals surface area contributed by atoms with Gasteiger partial charge >= 0.3 is 0 Å². The molecule has 1 unspecified atom stereocenters. The fourth-order valence-electron chi connectivity index (χ4n) is 2.46. The Kier molecular flexibility index (Phi) is 4.74. The fraction of sp³-hybridized carbons (Fsp3) is 0.462. The predicted octanol–water partition coefficient (Wildman–Crippen LogP) is 3.13. The molecular weight excluding hydrogens is 321 g/mol. The van der Waals surface area contributed by atoms with Crippen molar-refractivity contribution in [2.75, 3.05) is 6.54 Å². The van der Waals surface area contributed by atoms with Gasteiger partial charge in [-0.1, -0.05) is 23.2 Å². The minimum atomic E-state index is -3.72. The second-order valence-corrected chi connectivity index (χ2v) is 7.60. The summed E-state index contributed by atoms with van der Waals surface area (Å²) in [6.45, 7) is 1.87. The molecule has 2 rings (SSSR count). The second-order valence-electron chi connectivity index (χ2n) is 4.89. The lowest BCUT2D eigenvalue weighted by Gasteiger charge is -2.23. The first-order valence-electron chi connectivity index (χ1n) is 6.28. The van der Waals surface area contributed by atoms with E-state index in [1.807, 2.05) is 0 Å². The van der Waals surface area contributed by atoms with Gasteiger partial charge in [-0.05, 0) is 38.0 Å². The van der Waals surface area contributed by atoms with Crippen molar-refractivity contribution in [1.29, 1.82) is 0 Å². The van der Waals surface area contributed by atoms with Gasteiger partial charge in [0.25, 0.3) is 0 Å². The van der Waals surface area contributed by atoms with Gasteiger partial charge in [-0.3, -0.25) is 4.79 Å². The van der Waals surface area contributed by atoms with Crippen LogP contribution in [0.4, 0.5) is 0 Å². The lowest BCUT2D eigenvalue weighted by Crippen LogP contribution is -2.36. The van der Waals surface area contributed by atoms with Crippen molar-refractivity contribution in [2.45, 2.75) is 37.1 Å². The summed E-state index contributed by atoms with van der Waals surface area (Å²) in [6.07, 6.45) is 1.67. The van der Waals surface area contributed by atoms with Crippen LogP contribution in [0.25, 0.3) is 0 Å². The molecule has 110 valence electrons. The summed E-state index contributed by atoms with van der Waals surface area (Å²) < 4.78 is 26.7. The number of nitrogens with zero attached hydrogens (tertiary/aromatic N) is 1. The number of Topliss-reactive ketones (excluding diaryl/α,β-unsaturated/α-hetero) is 1. The van der Waals surface area contributed by atoms with E-state index in [0.717, 1.165) is 6.42 Å². The van der Waals surface area contributed by atoms with E-state index in [1.165, 1.54) is 23.4 Å². The first kappa shape index (κ1) is 15.8.